The van der Waals surface area contributed by atoms with E-state index in [1.54, 1.807) is 31.3 Å². The SMILES string of the molecule is CC(=O)N(C)c1ccc(S(=O)(=O)Nc2ccccc2C)cc1. The van der Waals surface area contributed by atoms with E-state index in [0.717, 1.165) is 5.56 Å². The second-order valence-electron chi connectivity index (χ2n) is 4.99. The van der Waals surface area contributed by atoms with Gasteiger partial charge in [0.15, 0.2) is 0 Å². The van der Waals surface area contributed by atoms with E-state index in [4.69, 9.17) is 0 Å². The number of benzene rings is 2. The number of hydrogen-bond donors (Lipinski definition) is 1. The van der Waals surface area contributed by atoms with Crippen molar-refractivity contribution in [2.75, 3.05) is 16.7 Å². The monoisotopic (exact) mass is 318 g/mol. The first-order chi connectivity index (χ1) is 10.3. The molecule has 1 N–H and O–H groups in total. The third-order valence-corrected chi connectivity index (χ3v) is 4.78. The number of para-hydroxylation sites is 1. The highest BCUT2D eigenvalue weighted by atomic mass is 32.2. The predicted molar refractivity (Wildman–Crippen MR) is 87.5 cm³/mol. The summed E-state index contributed by atoms with van der Waals surface area (Å²) in [5.41, 5.74) is 2.04. The Kier molecular flexibility index (Phi) is 4.51. The maximum absolute atomic E-state index is 12.4. The molecule has 6 heteroatoms. The largest absolute Gasteiger partial charge is 0.316 e. The Labute approximate surface area is 130 Å². The van der Waals surface area contributed by atoms with Crippen molar-refractivity contribution in [3.63, 3.8) is 0 Å². The number of aryl methyl sites for hydroxylation is 1. The summed E-state index contributed by atoms with van der Waals surface area (Å²) >= 11 is 0. The van der Waals surface area contributed by atoms with Crippen LogP contribution in [0.25, 0.3) is 0 Å². The number of sulfonamides is 1. The standard InChI is InChI=1S/C16H18N2O3S/c1-12-6-4-5-7-16(12)17-22(20,21)15-10-8-14(9-11-15)18(3)13(2)19/h4-11,17H,1-3H3. The second-order valence-corrected chi connectivity index (χ2v) is 6.67. The van der Waals surface area contributed by atoms with Gasteiger partial charge in [-0.15, -0.1) is 0 Å². The molecule has 0 radical (unpaired) electrons. The quantitative estimate of drug-likeness (QED) is 0.942. The molecule has 0 aliphatic rings. The summed E-state index contributed by atoms with van der Waals surface area (Å²) in [7, 11) is -2.02. The van der Waals surface area contributed by atoms with E-state index in [1.807, 2.05) is 19.1 Å². The van der Waals surface area contributed by atoms with Crippen LogP contribution in [0.1, 0.15) is 12.5 Å². The molecule has 0 heterocycles. The molecule has 1 amide bonds. The van der Waals surface area contributed by atoms with Gasteiger partial charge in [-0.3, -0.25) is 9.52 Å². The molecular weight excluding hydrogens is 300 g/mol. The Hall–Kier alpha value is -2.34. The zero-order valence-corrected chi connectivity index (χ0v) is 13.5. The van der Waals surface area contributed by atoms with Crippen molar-refractivity contribution in [2.24, 2.45) is 0 Å². The zero-order chi connectivity index (χ0) is 16.3. The van der Waals surface area contributed by atoms with Crippen molar-refractivity contribution in [1.82, 2.24) is 0 Å². The van der Waals surface area contributed by atoms with Crippen LogP contribution in [0.4, 0.5) is 11.4 Å². The van der Waals surface area contributed by atoms with E-state index in [2.05, 4.69) is 4.72 Å². The average molecular weight is 318 g/mol. The molecule has 22 heavy (non-hydrogen) atoms. The molecule has 0 fully saturated rings. The van der Waals surface area contributed by atoms with Gasteiger partial charge in [-0.1, -0.05) is 18.2 Å². The topological polar surface area (TPSA) is 66.5 Å². The van der Waals surface area contributed by atoms with Gasteiger partial charge >= 0.3 is 0 Å². The Morgan fingerprint density at radius 2 is 1.64 bits per heavy atom. The number of carbonyl (C=O) groups excluding carboxylic acids is 1. The molecule has 2 rings (SSSR count). The van der Waals surface area contributed by atoms with Gasteiger partial charge in [-0.05, 0) is 42.8 Å². The Balaban J connectivity index is 2.27. The average Bonchev–Trinajstić information content (AvgIpc) is 2.49. The number of nitrogens with zero attached hydrogens (tertiary/aromatic N) is 1. The molecule has 0 spiro atoms. The van der Waals surface area contributed by atoms with Gasteiger partial charge in [0.1, 0.15) is 0 Å². The fraction of sp³-hybridized carbons (Fsp3) is 0.188. The summed E-state index contributed by atoms with van der Waals surface area (Å²) in [4.78, 5) is 12.9. The Bertz CT molecular complexity index is 783. The van der Waals surface area contributed by atoms with Gasteiger partial charge in [-0.2, -0.15) is 0 Å². The van der Waals surface area contributed by atoms with Crippen molar-refractivity contribution in [2.45, 2.75) is 18.7 Å². The van der Waals surface area contributed by atoms with Crippen LogP contribution in [0, 0.1) is 6.92 Å². The lowest BCUT2D eigenvalue weighted by Crippen LogP contribution is -2.22. The fourth-order valence-electron chi connectivity index (χ4n) is 1.92. The third-order valence-electron chi connectivity index (χ3n) is 3.40. The number of hydrogen-bond acceptors (Lipinski definition) is 3. The number of amides is 1. The molecule has 0 saturated carbocycles. The molecule has 116 valence electrons. The van der Waals surface area contributed by atoms with Crippen molar-refractivity contribution in [3.05, 3.63) is 54.1 Å². The van der Waals surface area contributed by atoms with Gasteiger partial charge in [0, 0.05) is 19.7 Å². The fourth-order valence-corrected chi connectivity index (χ4v) is 3.05. The number of nitrogens with one attached hydrogen (secondary N) is 1. The number of rotatable bonds is 4. The van der Waals surface area contributed by atoms with E-state index in [9.17, 15) is 13.2 Å². The molecule has 0 atom stereocenters. The molecule has 0 aromatic heterocycles. The summed E-state index contributed by atoms with van der Waals surface area (Å²) in [6.07, 6.45) is 0. The lowest BCUT2D eigenvalue weighted by atomic mass is 10.2. The van der Waals surface area contributed by atoms with Gasteiger partial charge in [0.25, 0.3) is 10.0 Å². The minimum Gasteiger partial charge on any atom is -0.316 e. The van der Waals surface area contributed by atoms with Gasteiger partial charge in [0.05, 0.1) is 10.6 Å². The number of carbonyl (C=O) groups is 1. The van der Waals surface area contributed by atoms with Crippen LogP contribution in [-0.2, 0) is 14.8 Å². The molecule has 0 bridgehead atoms. The normalized spacial score (nSPS) is 11.0. The van der Waals surface area contributed by atoms with Crippen molar-refractivity contribution in [1.29, 1.82) is 0 Å². The van der Waals surface area contributed by atoms with Crippen LogP contribution in [-0.4, -0.2) is 21.4 Å². The summed E-state index contributed by atoms with van der Waals surface area (Å²) in [6, 6.07) is 13.3. The lowest BCUT2D eigenvalue weighted by molar-refractivity contribution is -0.116. The van der Waals surface area contributed by atoms with Gasteiger partial charge < -0.3 is 4.90 Å². The minimum absolute atomic E-state index is 0.117. The highest BCUT2D eigenvalue weighted by molar-refractivity contribution is 7.92. The number of anilines is 2. The zero-order valence-electron chi connectivity index (χ0n) is 12.7. The highest BCUT2D eigenvalue weighted by Gasteiger charge is 2.15. The summed E-state index contributed by atoms with van der Waals surface area (Å²) < 4.78 is 27.3. The van der Waals surface area contributed by atoms with E-state index in [-0.39, 0.29) is 10.8 Å². The minimum atomic E-state index is -3.65. The van der Waals surface area contributed by atoms with Crippen LogP contribution in [0.5, 0.6) is 0 Å². The van der Waals surface area contributed by atoms with Gasteiger partial charge in [0.2, 0.25) is 5.91 Å². The first-order valence-electron chi connectivity index (χ1n) is 6.74. The molecule has 0 saturated heterocycles. The second kappa shape index (κ2) is 6.19. The molecular formula is C16H18N2O3S. The van der Waals surface area contributed by atoms with E-state index < -0.39 is 10.0 Å². The molecule has 2 aromatic rings. The highest BCUT2D eigenvalue weighted by Crippen LogP contribution is 2.21. The van der Waals surface area contributed by atoms with Crippen LogP contribution < -0.4 is 9.62 Å². The summed E-state index contributed by atoms with van der Waals surface area (Å²) in [6.45, 7) is 3.28. The van der Waals surface area contributed by atoms with Gasteiger partial charge in [-0.25, -0.2) is 8.42 Å². The van der Waals surface area contributed by atoms with Crippen molar-refractivity contribution >= 4 is 27.3 Å². The Morgan fingerprint density at radius 1 is 1.05 bits per heavy atom. The van der Waals surface area contributed by atoms with Crippen LogP contribution in [0.3, 0.4) is 0 Å². The summed E-state index contributed by atoms with van der Waals surface area (Å²) in [5.74, 6) is -0.117. The first kappa shape index (κ1) is 16.0. The maximum Gasteiger partial charge on any atom is 0.261 e. The van der Waals surface area contributed by atoms with Crippen LogP contribution >= 0.6 is 0 Å². The summed E-state index contributed by atoms with van der Waals surface area (Å²) in [5, 5.41) is 0. The van der Waals surface area contributed by atoms with Crippen LogP contribution in [0.2, 0.25) is 0 Å². The van der Waals surface area contributed by atoms with E-state index in [0.29, 0.717) is 11.4 Å². The molecule has 0 aliphatic carbocycles. The maximum atomic E-state index is 12.4. The molecule has 0 unspecified atom stereocenters. The Morgan fingerprint density at radius 3 is 2.18 bits per heavy atom. The molecule has 2 aromatic carbocycles. The molecule has 5 nitrogen and oxygen atoms in total. The predicted octanol–water partition coefficient (Wildman–Crippen LogP) is 2.78. The van der Waals surface area contributed by atoms with Crippen molar-refractivity contribution < 1.29 is 13.2 Å². The first-order valence-corrected chi connectivity index (χ1v) is 8.22. The molecule has 0 aliphatic heterocycles. The van der Waals surface area contributed by atoms with E-state index in [1.165, 1.54) is 24.0 Å². The lowest BCUT2D eigenvalue weighted by Gasteiger charge is -2.15. The van der Waals surface area contributed by atoms with E-state index >= 15 is 0 Å². The van der Waals surface area contributed by atoms with Crippen molar-refractivity contribution in [3.8, 4) is 0 Å². The smallest absolute Gasteiger partial charge is 0.261 e. The van der Waals surface area contributed by atoms with Crippen LogP contribution in [0.15, 0.2) is 53.4 Å². The third kappa shape index (κ3) is 3.46.